The Morgan fingerprint density at radius 1 is 0.750 bits per heavy atom. The van der Waals surface area contributed by atoms with E-state index in [4.69, 9.17) is 15.9 Å². The number of nitrogens with one attached hydrogen (secondary N) is 2. The molecule has 0 amide bonds. The highest BCUT2D eigenvalue weighted by Crippen LogP contribution is 2.13. The van der Waals surface area contributed by atoms with Crippen LogP contribution in [0.1, 0.15) is 134 Å². The molecule has 11 nitrogen and oxygen atoms in total. The van der Waals surface area contributed by atoms with Gasteiger partial charge in [-0.15, -0.1) is 11.5 Å². The summed E-state index contributed by atoms with van der Waals surface area (Å²) in [5, 5.41) is 13.8. The van der Waals surface area contributed by atoms with Crippen LogP contribution in [0, 0.1) is 24.2 Å². The molecule has 11 heteroatoms. The first kappa shape index (κ1) is 49.3. The van der Waals surface area contributed by atoms with Gasteiger partial charge in [-0.05, 0) is 32.6 Å². The molecule has 2 unspecified atom stereocenters. The molecule has 48 heavy (non-hydrogen) atoms. The number of hydrogen-bond donors (Lipinski definition) is 2. The Bertz CT molecular complexity index is 1000. The Kier molecular flexibility index (Phi) is 32.0. The minimum atomic E-state index is -0.247. The van der Waals surface area contributed by atoms with E-state index in [1.807, 2.05) is 55.5 Å². The number of Topliss-reactive ketones (excluding diaryl/α,β-unsaturated/α-hetero) is 2. The molecule has 1 heterocycles. The van der Waals surface area contributed by atoms with E-state index in [0.717, 1.165) is 51.4 Å². The third-order valence-electron chi connectivity index (χ3n) is 6.81. The highest BCUT2D eigenvalue weighted by molar-refractivity contribution is 5.86. The molecule has 1 aromatic rings. The molecule has 0 aliphatic heterocycles. The number of nitrogens with zero attached hydrogens (tertiary/aromatic N) is 3. The van der Waals surface area contributed by atoms with Crippen LogP contribution in [0.2, 0.25) is 0 Å². The number of hydrogen-bond acceptors (Lipinski definition) is 10. The molecule has 0 fully saturated rings. The van der Waals surface area contributed by atoms with E-state index in [1.54, 1.807) is 17.1 Å². The van der Waals surface area contributed by atoms with Crippen molar-refractivity contribution in [1.82, 2.24) is 25.6 Å². The van der Waals surface area contributed by atoms with Crippen molar-refractivity contribution in [2.75, 3.05) is 13.2 Å². The van der Waals surface area contributed by atoms with Crippen LogP contribution in [0.4, 0.5) is 0 Å². The monoisotopic (exact) mass is 680 g/mol. The van der Waals surface area contributed by atoms with Gasteiger partial charge in [-0.3, -0.25) is 23.9 Å². The third-order valence-corrected chi connectivity index (χ3v) is 6.81. The zero-order valence-electron chi connectivity index (χ0n) is 31.0. The summed E-state index contributed by atoms with van der Waals surface area (Å²) in [7, 11) is 1.83. The summed E-state index contributed by atoms with van der Waals surface area (Å²) in [5.41, 5.74) is 0. The maximum atomic E-state index is 12.1. The highest BCUT2D eigenvalue weighted by atomic mass is 16.5. The van der Waals surface area contributed by atoms with E-state index in [9.17, 15) is 19.2 Å². The minimum absolute atomic E-state index is 0. The smallest absolute Gasteiger partial charge is 0.306 e. The average Bonchev–Trinajstić information content (AvgIpc) is 3.48. The van der Waals surface area contributed by atoms with Crippen molar-refractivity contribution in [2.24, 2.45) is 18.9 Å². The van der Waals surface area contributed by atoms with E-state index >= 15 is 0 Å². The van der Waals surface area contributed by atoms with Crippen LogP contribution in [0.3, 0.4) is 0 Å². The van der Waals surface area contributed by atoms with Crippen LogP contribution < -0.4 is 10.6 Å². The number of carbonyl (C=O) groups is 4. The SMILES string of the molecule is C.C#CCOC(=O)CCCCCC(NC(C)C)C(=O)C(C)C.CCOC(=O)CCCCCC(NC(C)C)C(=O)C(C)C.Cn1ccnn1. The van der Waals surface area contributed by atoms with Crippen molar-refractivity contribution in [3.05, 3.63) is 12.4 Å². The van der Waals surface area contributed by atoms with E-state index < -0.39 is 0 Å². The van der Waals surface area contributed by atoms with Gasteiger partial charge >= 0.3 is 11.9 Å². The lowest BCUT2D eigenvalue weighted by Crippen LogP contribution is -2.42. The van der Waals surface area contributed by atoms with Gasteiger partial charge in [0.1, 0.15) is 0 Å². The second-order valence-electron chi connectivity index (χ2n) is 12.8. The van der Waals surface area contributed by atoms with Crippen LogP contribution in [-0.4, -0.2) is 75.9 Å². The topological polar surface area (TPSA) is 142 Å². The summed E-state index contributed by atoms with van der Waals surface area (Å²) in [5.74, 6) is 2.54. The first-order valence-corrected chi connectivity index (χ1v) is 17.3. The zero-order valence-corrected chi connectivity index (χ0v) is 31.0. The molecule has 278 valence electrons. The molecular weight excluding hydrogens is 610 g/mol. The molecule has 2 N–H and O–H groups in total. The van der Waals surface area contributed by atoms with Crippen molar-refractivity contribution in [1.29, 1.82) is 0 Å². The maximum absolute atomic E-state index is 12.1. The summed E-state index contributed by atoms with van der Waals surface area (Å²) in [6, 6.07) is 0.453. The van der Waals surface area contributed by atoms with Gasteiger partial charge < -0.3 is 20.1 Å². The standard InChI is InChI=1S/C17H29NO3.C16H31NO3.C3H5N3.CH4/c1-6-12-21-16(19)11-9-7-8-10-15(18-14(4)5)17(20)13(2)3;1-6-20-15(18)11-9-7-8-10-14(17-13(4)5)16(19)12(2)3;1-6-3-2-4-5-6;/h1,13-15,18H,7-12H2,2-5H3;12-14,17H,6-11H2,1-5H3;2-3H,1H3;1H4. The minimum Gasteiger partial charge on any atom is -0.466 e. The number of ketones is 2. The Labute approximate surface area is 292 Å². The number of terminal acetylenes is 1. The van der Waals surface area contributed by atoms with Gasteiger partial charge in [0.05, 0.1) is 24.9 Å². The third kappa shape index (κ3) is 29.1. The van der Waals surface area contributed by atoms with E-state index in [-0.39, 0.29) is 67.5 Å². The van der Waals surface area contributed by atoms with Crippen molar-refractivity contribution in [2.45, 2.75) is 158 Å². The van der Waals surface area contributed by atoms with Crippen LogP contribution in [0.15, 0.2) is 12.4 Å². The summed E-state index contributed by atoms with van der Waals surface area (Å²) >= 11 is 0. The number of aromatic nitrogens is 3. The molecule has 0 saturated carbocycles. The lowest BCUT2D eigenvalue weighted by atomic mass is 9.96. The molecule has 0 spiro atoms. The van der Waals surface area contributed by atoms with Gasteiger partial charge in [-0.1, -0.05) is 99.6 Å². The summed E-state index contributed by atoms with van der Waals surface area (Å²) in [6.07, 6.45) is 16.3. The number of unbranched alkanes of at least 4 members (excludes halogenated alkanes) is 4. The zero-order chi connectivity index (χ0) is 36.2. The number of rotatable bonds is 22. The first-order valence-electron chi connectivity index (χ1n) is 17.3. The van der Waals surface area contributed by atoms with Crippen LogP contribution >= 0.6 is 0 Å². The van der Waals surface area contributed by atoms with Gasteiger partial charge in [-0.2, -0.15) is 0 Å². The highest BCUT2D eigenvalue weighted by Gasteiger charge is 2.22. The Balaban J connectivity index is -0.000000703. The molecule has 0 bridgehead atoms. The molecule has 1 rings (SSSR count). The fraction of sp³-hybridized carbons (Fsp3) is 0.784. The lowest BCUT2D eigenvalue weighted by molar-refractivity contribution is -0.143. The fourth-order valence-corrected chi connectivity index (χ4v) is 4.51. The molecule has 2 atom stereocenters. The van der Waals surface area contributed by atoms with Crippen molar-refractivity contribution in [3.63, 3.8) is 0 Å². The summed E-state index contributed by atoms with van der Waals surface area (Å²) in [6.45, 7) is 18.3. The molecule has 0 saturated heterocycles. The molecule has 0 aliphatic carbocycles. The van der Waals surface area contributed by atoms with Gasteiger partial charge in [-0.25, -0.2) is 0 Å². The van der Waals surface area contributed by atoms with Crippen LogP contribution in [0.25, 0.3) is 0 Å². The Morgan fingerprint density at radius 2 is 1.19 bits per heavy atom. The van der Waals surface area contributed by atoms with Crippen molar-refractivity contribution < 1.29 is 28.7 Å². The van der Waals surface area contributed by atoms with Gasteiger partial charge in [0.15, 0.2) is 18.2 Å². The molecule has 0 aliphatic rings. The second kappa shape index (κ2) is 31.2. The second-order valence-corrected chi connectivity index (χ2v) is 12.8. The molecule has 1 aromatic heterocycles. The maximum Gasteiger partial charge on any atom is 0.306 e. The normalized spacial score (nSPS) is 11.8. The Morgan fingerprint density at radius 3 is 1.48 bits per heavy atom. The molecular formula is C37H69N5O6. The lowest BCUT2D eigenvalue weighted by Gasteiger charge is -2.21. The van der Waals surface area contributed by atoms with Gasteiger partial charge in [0.25, 0.3) is 0 Å². The Hall–Kier alpha value is -3.10. The van der Waals surface area contributed by atoms with Crippen molar-refractivity contribution in [3.8, 4) is 12.3 Å². The van der Waals surface area contributed by atoms with Crippen molar-refractivity contribution >= 4 is 23.5 Å². The van der Waals surface area contributed by atoms with Gasteiger partial charge in [0.2, 0.25) is 0 Å². The number of carbonyl (C=O) groups excluding carboxylic acids is 4. The van der Waals surface area contributed by atoms with E-state index in [1.165, 1.54) is 0 Å². The molecule has 0 aromatic carbocycles. The van der Waals surface area contributed by atoms with Crippen LogP contribution in [-0.2, 0) is 35.7 Å². The largest absolute Gasteiger partial charge is 0.466 e. The number of ether oxygens (including phenoxy) is 2. The summed E-state index contributed by atoms with van der Waals surface area (Å²) in [4.78, 5) is 46.7. The average molecular weight is 680 g/mol. The van der Waals surface area contributed by atoms with E-state index in [2.05, 4.69) is 40.7 Å². The van der Waals surface area contributed by atoms with Crippen LogP contribution in [0.5, 0.6) is 0 Å². The summed E-state index contributed by atoms with van der Waals surface area (Å²) < 4.78 is 11.3. The quantitative estimate of drug-likeness (QED) is 0.0821. The molecule has 0 radical (unpaired) electrons. The predicted molar refractivity (Wildman–Crippen MR) is 194 cm³/mol. The number of aryl methyl sites for hydroxylation is 1. The van der Waals surface area contributed by atoms with E-state index in [0.29, 0.717) is 25.5 Å². The van der Waals surface area contributed by atoms with Gasteiger partial charge in [0, 0.05) is 50.0 Å². The predicted octanol–water partition coefficient (Wildman–Crippen LogP) is 6.25. The number of esters is 2. The fourth-order valence-electron chi connectivity index (χ4n) is 4.51. The first-order chi connectivity index (χ1) is 22.2.